The molecule has 3 rings (SSSR count). The van der Waals surface area contributed by atoms with Crippen molar-refractivity contribution in [3.8, 4) is 0 Å². The number of carbonyl (C=O) groups excluding carboxylic acids is 1. The van der Waals surface area contributed by atoms with E-state index in [9.17, 15) is 19.1 Å². The summed E-state index contributed by atoms with van der Waals surface area (Å²) in [7, 11) is 0. The van der Waals surface area contributed by atoms with Crippen molar-refractivity contribution in [2.75, 3.05) is 26.2 Å². The molecule has 0 radical (unpaired) electrons. The smallest absolute Gasteiger partial charge is 0.320 e. The summed E-state index contributed by atoms with van der Waals surface area (Å²) in [6.07, 6.45) is 3.20. The maximum atomic E-state index is 13.3. The summed E-state index contributed by atoms with van der Waals surface area (Å²) in [5, 5.41) is 9.50. The molecule has 0 aliphatic carbocycles. The zero-order valence-electron chi connectivity index (χ0n) is 14.6. The van der Waals surface area contributed by atoms with E-state index in [1.165, 1.54) is 12.1 Å². The molecule has 2 aliphatic rings. The number of amides is 1. The summed E-state index contributed by atoms with van der Waals surface area (Å²) in [5.41, 5.74) is 0.357. The van der Waals surface area contributed by atoms with E-state index >= 15 is 0 Å². The van der Waals surface area contributed by atoms with E-state index < -0.39 is 17.8 Å². The number of nitrogens with zero attached hydrogens (tertiary/aromatic N) is 2. The number of rotatable bonds is 4. The predicted molar refractivity (Wildman–Crippen MR) is 91.9 cm³/mol. The first-order valence-corrected chi connectivity index (χ1v) is 8.96. The number of hydrogen-bond donors (Lipinski definition) is 1. The number of hydrogen-bond acceptors (Lipinski definition) is 3. The number of aliphatic carboxylic acids is 1. The van der Waals surface area contributed by atoms with Gasteiger partial charge in [-0.05, 0) is 55.8 Å². The zero-order chi connectivity index (χ0) is 18.0. The number of carboxylic acid groups (broad SMARTS) is 1. The fraction of sp³-hybridized carbons (Fsp3) is 0.579. The van der Waals surface area contributed by atoms with Gasteiger partial charge in [0.1, 0.15) is 11.9 Å². The van der Waals surface area contributed by atoms with Gasteiger partial charge in [0.2, 0.25) is 0 Å². The number of carbonyl (C=O) groups is 2. The molecule has 1 N–H and O–H groups in total. The lowest BCUT2D eigenvalue weighted by molar-refractivity contribution is -0.142. The highest BCUT2D eigenvalue weighted by Gasteiger charge is 2.48. The minimum Gasteiger partial charge on any atom is -0.480 e. The molecule has 0 unspecified atom stereocenters. The molecular formula is C19H25FN2O3. The standard InChI is InChI=1S/C19H25FN2O3/c1-2-8-22-13-19(12-16(22)18(24)25)6-9-21(10-7-19)17(23)14-4-3-5-15(20)11-14/h3-5,11,16H,2,6-10,12-13H2,1H3,(H,24,25)/t16-/m1/s1. The average molecular weight is 348 g/mol. The van der Waals surface area contributed by atoms with Crippen LogP contribution in [0.25, 0.3) is 0 Å². The predicted octanol–water partition coefficient (Wildman–Crippen LogP) is 2.62. The molecule has 6 heteroatoms. The average Bonchev–Trinajstić information content (AvgIpc) is 2.94. The summed E-state index contributed by atoms with van der Waals surface area (Å²) in [4.78, 5) is 27.9. The van der Waals surface area contributed by atoms with Gasteiger partial charge in [-0.3, -0.25) is 14.5 Å². The Morgan fingerprint density at radius 1 is 1.32 bits per heavy atom. The molecule has 1 spiro atoms. The van der Waals surface area contributed by atoms with E-state index in [1.807, 2.05) is 0 Å². The molecule has 2 fully saturated rings. The van der Waals surface area contributed by atoms with Gasteiger partial charge < -0.3 is 10.0 Å². The highest BCUT2D eigenvalue weighted by Crippen LogP contribution is 2.43. The number of benzene rings is 1. The van der Waals surface area contributed by atoms with Crippen LogP contribution in [-0.2, 0) is 4.79 Å². The van der Waals surface area contributed by atoms with Crippen molar-refractivity contribution in [3.05, 3.63) is 35.6 Å². The van der Waals surface area contributed by atoms with Crippen LogP contribution < -0.4 is 0 Å². The molecule has 1 aromatic carbocycles. The lowest BCUT2D eigenvalue weighted by Gasteiger charge is -2.39. The maximum absolute atomic E-state index is 13.3. The van der Waals surface area contributed by atoms with Crippen LogP contribution in [0.3, 0.4) is 0 Å². The van der Waals surface area contributed by atoms with Gasteiger partial charge in [-0.2, -0.15) is 0 Å². The number of piperidine rings is 1. The van der Waals surface area contributed by atoms with Crippen molar-refractivity contribution in [1.29, 1.82) is 0 Å². The molecular weight excluding hydrogens is 323 g/mol. The Labute approximate surface area is 147 Å². The van der Waals surface area contributed by atoms with Crippen LogP contribution in [0, 0.1) is 11.2 Å². The largest absolute Gasteiger partial charge is 0.480 e. The Morgan fingerprint density at radius 2 is 2.04 bits per heavy atom. The van der Waals surface area contributed by atoms with Crippen LogP contribution in [0.2, 0.25) is 0 Å². The first kappa shape index (κ1) is 17.9. The van der Waals surface area contributed by atoms with Crippen LogP contribution in [0.15, 0.2) is 24.3 Å². The third-order valence-corrected chi connectivity index (χ3v) is 5.58. The number of carboxylic acids is 1. The second kappa shape index (κ2) is 7.12. The van der Waals surface area contributed by atoms with E-state index in [4.69, 9.17) is 0 Å². The first-order valence-electron chi connectivity index (χ1n) is 8.96. The van der Waals surface area contributed by atoms with Gasteiger partial charge in [0.05, 0.1) is 0 Å². The Bertz CT molecular complexity index is 656. The second-order valence-corrected chi connectivity index (χ2v) is 7.33. The van der Waals surface area contributed by atoms with Gasteiger partial charge in [-0.25, -0.2) is 4.39 Å². The monoisotopic (exact) mass is 348 g/mol. The fourth-order valence-electron chi connectivity index (χ4n) is 4.26. The highest BCUT2D eigenvalue weighted by atomic mass is 19.1. The van der Waals surface area contributed by atoms with Crippen LogP contribution >= 0.6 is 0 Å². The van der Waals surface area contributed by atoms with Gasteiger partial charge in [0, 0.05) is 25.2 Å². The Balaban J connectivity index is 1.65. The minimum absolute atomic E-state index is 0.0169. The third kappa shape index (κ3) is 3.68. The summed E-state index contributed by atoms with van der Waals surface area (Å²) >= 11 is 0. The molecule has 1 atom stereocenters. The van der Waals surface area contributed by atoms with Crippen LogP contribution in [0.1, 0.15) is 43.0 Å². The quantitative estimate of drug-likeness (QED) is 0.909. The van der Waals surface area contributed by atoms with Gasteiger partial charge >= 0.3 is 5.97 Å². The molecule has 2 aliphatic heterocycles. The van der Waals surface area contributed by atoms with Crippen molar-refractivity contribution < 1.29 is 19.1 Å². The maximum Gasteiger partial charge on any atom is 0.320 e. The summed E-state index contributed by atoms with van der Waals surface area (Å²) in [6, 6.07) is 5.37. The van der Waals surface area contributed by atoms with Gasteiger partial charge in [-0.15, -0.1) is 0 Å². The molecule has 0 saturated carbocycles. The Hall–Kier alpha value is -1.95. The molecule has 0 aromatic heterocycles. The molecule has 0 bridgehead atoms. The van der Waals surface area contributed by atoms with Crippen molar-refractivity contribution in [3.63, 3.8) is 0 Å². The van der Waals surface area contributed by atoms with E-state index in [1.54, 1.807) is 17.0 Å². The van der Waals surface area contributed by atoms with Crippen molar-refractivity contribution in [2.24, 2.45) is 5.41 Å². The van der Waals surface area contributed by atoms with Crippen molar-refractivity contribution in [2.45, 2.75) is 38.6 Å². The molecule has 2 saturated heterocycles. The normalized spacial score (nSPS) is 23.1. The topological polar surface area (TPSA) is 60.9 Å². The molecule has 2 heterocycles. The molecule has 1 amide bonds. The van der Waals surface area contributed by atoms with Crippen LogP contribution in [0.5, 0.6) is 0 Å². The summed E-state index contributed by atoms with van der Waals surface area (Å²) in [5.74, 6) is -1.30. The van der Waals surface area contributed by atoms with Gasteiger partial charge in [0.25, 0.3) is 5.91 Å². The highest BCUT2D eigenvalue weighted by molar-refractivity contribution is 5.94. The van der Waals surface area contributed by atoms with E-state index in [-0.39, 0.29) is 11.3 Å². The van der Waals surface area contributed by atoms with Crippen LogP contribution in [0.4, 0.5) is 4.39 Å². The molecule has 5 nitrogen and oxygen atoms in total. The van der Waals surface area contributed by atoms with E-state index in [0.717, 1.165) is 32.4 Å². The summed E-state index contributed by atoms with van der Waals surface area (Å²) < 4.78 is 13.3. The lowest BCUT2D eigenvalue weighted by Crippen LogP contribution is -2.44. The fourth-order valence-corrected chi connectivity index (χ4v) is 4.26. The number of halogens is 1. The zero-order valence-corrected chi connectivity index (χ0v) is 14.6. The second-order valence-electron chi connectivity index (χ2n) is 7.33. The molecule has 1 aromatic rings. The Morgan fingerprint density at radius 3 is 2.64 bits per heavy atom. The lowest BCUT2D eigenvalue weighted by atomic mass is 9.76. The third-order valence-electron chi connectivity index (χ3n) is 5.58. The van der Waals surface area contributed by atoms with Gasteiger partial charge in [0.15, 0.2) is 0 Å². The SMILES string of the molecule is CCCN1CC2(CCN(C(=O)c3cccc(F)c3)CC2)C[C@@H]1C(=O)O. The van der Waals surface area contributed by atoms with Gasteiger partial charge in [-0.1, -0.05) is 13.0 Å². The summed E-state index contributed by atoms with van der Waals surface area (Å²) in [6.45, 7) is 4.85. The van der Waals surface area contributed by atoms with Crippen molar-refractivity contribution >= 4 is 11.9 Å². The molecule has 136 valence electrons. The molecule has 25 heavy (non-hydrogen) atoms. The Kier molecular flexibility index (Phi) is 5.08. The van der Waals surface area contributed by atoms with E-state index in [0.29, 0.717) is 25.1 Å². The van der Waals surface area contributed by atoms with E-state index in [2.05, 4.69) is 11.8 Å². The first-order chi connectivity index (χ1) is 11.9. The minimum atomic E-state index is -0.747. The number of likely N-dealkylation sites (tertiary alicyclic amines) is 2. The van der Waals surface area contributed by atoms with Crippen LogP contribution in [-0.4, -0.2) is 59.0 Å². The van der Waals surface area contributed by atoms with Crippen molar-refractivity contribution in [1.82, 2.24) is 9.80 Å².